The molecule has 2 atom stereocenters. The molecule has 1 saturated heterocycles. The second kappa shape index (κ2) is 5.83. The lowest BCUT2D eigenvalue weighted by Crippen LogP contribution is -2.28. The number of anilines is 1. The first-order valence-corrected chi connectivity index (χ1v) is 7.19. The molecule has 7 heteroatoms. The van der Waals surface area contributed by atoms with E-state index in [0.717, 1.165) is 12.2 Å². The number of aromatic nitrogens is 3. The lowest BCUT2D eigenvalue weighted by Gasteiger charge is -2.16. The molecule has 2 heterocycles. The van der Waals surface area contributed by atoms with Crippen molar-refractivity contribution in [3.63, 3.8) is 0 Å². The van der Waals surface area contributed by atoms with E-state index in [2.05, 4.69) is 27.6 Å². The summed E-state index contributed by atoms with van der Waals surface area (Å²) in [7, 11) is 0. The molecule has 2 N–H and O–H groups in total. The Hall–Kier alpha value is -1.92. The van der Waals surface area contributed by atoms with Gasteiger partial charge >= 0.3 is 0 Å². The van der Waals surface area contributed by atoms with Crippen molar-refractivity contribution in [1.82, 2.24) is 20.1 Å². The van der Waals surface area contributed by atoms with E-state index in [-0.39, 0.29) is 11.8 Å². The Balaban J connectivity index is 1.87. The van der Waals surface area contributed by atoms with Crippen LogP contribution in [0.5, 0.6) is 0 Å². The fourth-order valence-electron chi connectivity index (χ4n) is 2.53. The van der Waals surface area contributed by atoms with Gasteiger partial charge in [0.15, 0.2) is 0 Å². The number of hydrogen-bond donors (Lipinski definition) is 2. The molecule has 21 heavy (non-hydrogen) atoms. The SMILES string of the molecule is C[C@@H]1CNC[C@H]1C(=O)Nc1cc(Cl)ccc1-n1cncn1. The molecule has 1 fully saturated rings. The normalized spacial score (nSPS) is 21.4. The average molecular weight is 306 g/mol. The monoisotopic (exact) mass is 305 g/mol. The maximum atomic E-state index is 12.4. The minimum Gasteiger partial charge on any atom is -0.324 e. The fraction of sp³-hybridized carbons (Fsp3) is 0.357. The predicted molar refractivity (Wildman–Crippen MR) is 80.5 cm³/mol. The van der Waals surface area contributed by atoms with Crippen molar-refractivity contribution in [3.05, 3.63) is 35.9 Å². The topological polar surface area (TPSA) is 71.8 Å². The summed E-state index contributed by atoms with van der Waals surface area (Å²) in [6, 6.07) is 5.29. The van der Waals surface area contributed by atoms with E-state index in [1.54, 1.807) is 23.1 Å². The zero-order chi connectivity index (χ0) is 14.8. The quantitative estimate of drug-likeness (QED) is 0.905. The molecule has 1 amide bonds. The van der Waals surface area contributed by atoms with Gasteiger partial charge in [-0.15, -0.1) is 0 Å². The van der Waals surface area contributed by atoms with Gasteiger partial charge in [-0.3, -0.25) is 4.79 Å². The molecule has 0 spiro atoms. The molecule has 3 rings (SSSR count). The van der Waals surface area contributed by atoms with Crippen molar-refractivity contribution < 1.29 is 4.79 Å². The van der Waals surface area contributed by atoms with Crippen LogP contribution in [0.25, 0.3) is 5.69 Å². The fourth-order valence-corrected chi connectivity index (χ4v) is 2.70. The maximum absolute atomic E-state index is 12.4. The lowest BCUT2D eigenvalue weighted by molar-refractivity contribution is -0.120. The summed E-state index contributed by atoms with van der Waals surface area (Å²) >= 11 is 6.04. The van der Waals surface area contributed by atoms with Gasteiger partial charge in [-0.05, 0) is 30.7 Å². The summed E-state index contributed by atoms with van der Waals surface area (Å²) in [6.45, 7) is 3.64. The van der Waals surface area contributed by atoms with Gasteiger partial charge in [-0.25, -0.2) is 9.67 Å². The highest BCUT2D eigenvalue weighted by molar-refractivity contribution is 6.31. The van der Waals surface area contributed by atoms with Crippen LogP contribution >= 0.6 is 11.6 Å². The van der Waals surface area contributed by atoms with E-state index in [9.17, 15) is 4.79 Å². The second-order valence-electron chi connectivity index (χ2n) is 5.23. The predicted octanol–water partition coefficient (Wildman–Crippen LogP) is 1.71. The van der Waals surface area contributed by atoms with Gasteiger partial charge in [-0.1, -0.05) is 18.5 Å². The van der Waals surface area contributed by atoms with Gasteiger partial charge < -0.3 is 10.6 Å². The summed E-state index contributed by atoms with van der Waals surface area (Å²) in [4.78, 5) is 16.3. The molecular weight excluding hydrogens is 290 g/mol. The molecule has 0 aliphatic carbocycles. The van der Waals surface area contributed by atoms with E-state index in [1.807, 2.05) is 6.07 Å². The van der Waals surface area contributed by atoms with Gasteiger partial charge in [0.25, 0.3) is 0 Å². The van der Waals surface area contributed by atoms with Crippen LogP contribution in [0.1, 0.15) is 6.92 Å². The smallest absolute Gasteiger partial charge is 0.229 e. The third-order valence-electron chi connectivity index (χ3n) is 3.74. The summed E-state index contributed by atoms with van der Waals surface area (Å²) in [5.74, 6) is 0.280. The molecule has 0 bridgehead atoms. The van der Waals surface area contributed by atoms with Crippen molar-refractivity contribution in [2.75, 3.05) is 18.4 Å². The van der Waals surface area contributed by atoms with Crippen molar-refractivity contribution in [1.29, 1.82) is 0 Å². The first kappa shape index (κ1) is 14.0. The Bertz CT molecular complexity index is 643. The molecule has 0 unspecified atom stereocenters. The Morgan fingerprint density at radius 3 is 3.00 bits per heavy atom. The number of carbonyl (C=O) groups is 1. The molecule has 1 aromatic carbocycles. The largest absolute Gasteiger partial charge is 0.324 e. The van der Waals surface area contributed by atoms with Gasteiger partial charge in [0.05, 0.1) is 17.3 Å². The van der Waals surface area contributed by atoms with E-state index in [1.165, 1.54) is 6.33 Å². The molecule has 0 saturated carbocycles. The molecule has 6 nitrogen and oxygen atoms in total. The number of benzene rings is 1. The average Bonchev–Trinajstić information content (AvgIpc) is 3.10. The molecule has 1 aliphatic rings. The molecule has 2 aromatic rings. The Morgan fingerprint density at radius 1 is 1.48 bits per heavy atom. The summed E-state index contributed by atoms with van der Waals surface area (Å²) in [6.07, 6.45) is 3.03. The molecule has 110 valence electrons. The number of carbonyl (C=O) groups excluding carboxylic acids is 1. The molecule has 1 aromatic heterocycles. The van der Waals surface area contributed by atoms with Crippen molar-refractivity contribution in [3.8, 4) is 5.69 Å². The molecular formula is C14H16ClN5O. The number of nitrogens with one attached hydrogen (secondary N) is 2. The third kappa shape index (κ3) is 2.91. The highest BCUT2D eigenvalue weighted by Gasteiger charge is 2.30. The Kier molecular flexibility index (Phi) is 3.90. The first-order valence-electron chi connectivity index (χ1n) is 6.81. The summed E-state index contributed by atoms with van der Waals surface area (Å²) < 4.78 is 1.60. The van der Waals surface area contributed by atoms with Gasteiger partial charge in [-0.2, -0.15) is 5.10 Å². The van der Waals surface area contributed by atoms with E-state index >= 15 is 0 Å². The van der Waals surface area contributed by atoms with Crippen LogP contribution < -0.4 is 10.6 Å². The van der Waals surface area contributed by atoms with E-state index in [4.69, 9.17) is 11.6 Å². The number of halogens is 1. The summed E-state index contributed by atoms with van der Waals surface area (Å²) in [5, 5.41) is 10.8. The Labute approximate surface area is 127 Å². The number of rotatable bonds is 3. The van der Waals surface area contributed by atoms with Crippen LogP contribution in [0.4, 0.5) is 5.69 Å². The lowest BCUT2D eigenvalue weighted by atomic mass is 9.97. The minimum absolute atomic E-state index is 0.00358. The number of hydrogen-bond acceptors (Lipinski definition) is 4. The standard InChI is InChI=1S/C14H16ClN5O/c1-9-5-16-6-11(9)14(21)19-12-4-10(15)2-3-13(12)20-8-17-7-18-20/h2-4,7-9,11,16H,5-6H2,1H3,(H,19,21)/t9-,11-/m1/s1. The van der Waals surface area contributed by atoms with Crippen LogP contribution in [0.2, 0.25) is 5.02 Å². The first-order chi connectivity index (χ1) is 10.1. The molecule has 0 radical (unpaired) electrons. The van der Waals surface area contributed by atoms with E-state index in [0.29, 0.717) is 23.2 Å². The van der Waals surface area contributed by atoms with Crippen molar-refractivity contribution in [2.45, 2.75) is 6.92 Å². The Morgan fingerprint density at radius 2 is 2.33 bits per heavy atom. The van der Waals surface area contributed by atoms with Crippen LogP contribution in [0.15, 0.2) is 30.9 Å². The second-order valence-corrected chi connectivity index (χ2v) is 5.67. The minimum atomic E-state index is -0.0346. The highest BCUT2D eigenvalue weighted by Crippen LogP contribution is 2.26. The van der Waals surface area contributed by atoms with Gasteiger partial charge in [0.1, 0.15) is 12.7 Å². The highest BCUT2D eigenvalue weighted by atomic mass is 35.5. The van der Waals surface area contributed by atoms with Gasteiger partial charge in [0, 0.05) is 11.6 Å². The van der Waals surface area contributed by atoms with E-state index < -0.39 is 0 Å². The van der Waals surface area contributed by atoms with Crippen LogP contribution in [0, 0.1) is 11.8 Å². The van der Waals surface area contributed by atoms with Crippen molar-refractivity contribution >= 4 is 23.2 Å². The molecule has 1 aliphatic heterocycles. The zero-order valence-electron chi connectivity index (χ0n) is 11.6. The van der Waals surface area contributed by atoms with Crippen LogP contribution in [-0.2, 0) is 4.79 Å². The number of amides is 1. The van der Waals surface area contributed by atoms with Crippen LogP contribution in [0.3, 0.4) is 0 Å². The zero-order valence-corrected chi connectivity index (χ0v) is 12.3. The van der Waals surface area contributed by atoms with Crippen molar-refractivity contribution in [2.24, 2.45) is 11.8 Å². The summed E-state index contributed by atoms with van der Waals surface area (Å²) in [5.41, 5.74) is 1.38. The van der Waals surface area contributed by atoms with Crippen LogP contribution in [-0.4, -0.2) is 33.8 Å². The third-order valence-corrected chi connectivity index (χ3v) is 3.97. The number of nitrogens with zero attached hydrogens (tertiary/aromatic N) is 3. The maximum Gasteiger partial charge on any atom is 0.229 e. The van der Waals surface area contributed by atoms with Gasteiger partial charge in [0.2, 0.25) is 5.91 Å².